The lowest BCUT2D eigenvalue weighted by Gasteiger charge is -2.49. The van der Waals surface area contributed by atoms with E-state index in [9.17, 15) is 0 Å². The molecular weight excluding hydrogens is 470 g/mol. The van der Waals surface area contributed by atoms with Gasteiger partial charge in [-0.2, -0.15) is 0 Å². The van der Waals surface area contributed by atoms with E-state index in [-0.39, 0.29) is 0 Å². The Labute approximate surface area is 215 Å². The number of hydrogen-bond acceptors (Lipinski definition) is 3. The molecule has 9 rings (SSSR count). The topological polar surface area (TPSA) is 21.7 Å². The van der Waals surface area contributed by atoms with Crippen molar-refractivity contribution in [3.05, 3.63) is 109 Å². The van der Waals surface area contributed by atoms with Gasteiger partial charge in [-0.15, -0.1) is 0 Å². The van der Waals surface area contributed by atoms with Crippen LogP contribution in [0.15, 0.2) is 109 Å². The van der Waals surface area contributed by atoms with E-state index in [4.69, 9.17) is 9.47 Å². The van der Waals surface area contributed by atoms with Crippen LogP contribution in [0.1, 0.15) is 0 Å². The van der Waals surface area contributed by atoms with Gasteiger partial charge in [-0.3, -0.25) is 0 Å². The zero-order valence-electron chi connectivity index (χ0n) is 20.2. The zero-order valence-corrected chi connectivity index (χ0v) is 21.2. The van der Waals surface area contributed by atoms with Crippen molar-refractivity contribution in [2.75, 3.05) is 4.90 Å². The molecule has 0 bridgehead atoms. The minimum absolute atomic E-state index is 0.929. The van der Waals surface area contributed by atoms with Crippen molar-refractivity contribution in [2.24, 2.45) is 0 Å². The predicted molar refractivity (Wildman–Crippen MR) is 153 cm³/mol. The molecule has 3 nitrogen and oxygen atoms in total. The van der Waals surface area contributed by atoms with Crippen molar-refractivity contribution in [3.63, 3.8) is 0 Å². The molecule has 0 N–H and O–H groups in total. The van der Waals surface area contributed by atoms with Crippen LogP contribution in [0.4, 0.5) is 17.1 Å². The number of benzene rings is 6. The predicted octanol–water partition coefficient (Wildman–Crippen LogP) is 7.09. The van der Waals surface area contributed by atoms with Crippen molar-refractivity contribution in [3.8, 4) is 23.0 Å². The largest absolute Gasteiger partial charge is 0.457 e. The SMILES string of the molecule is C[Si]12c3c4cccc3Oc3cc5ccccc5c(c31)N(c1ccccc1)c1c2c(cc2ccccc12)O4. The molecule has 4 heteroatoms. The van der Waals surface area contributed by atoms with Gasteiger partial charge in [-0.1, -0.05) is 79.3 Å². The molecular formula is C33H21NO2Si. The zero-order chi connectivity index (χ0) is 24.3. The molecule has 0 aromatic heterocycles. The summed E-state index contributed by atoms with van der Waals surface area (Å²) in [5, 5.41) is 8.78. The van der Waals surface area contributed by atoms with Gasteiger partial charge in [0.1, 0.15) is 23.0 Å². The van der Waals surface area contributed by atoms with Crippen LogP contribution < -0.4 is 29.9 Å². The highest BCUT2D eigenvalue weighted by molar-refractivity contribution is 7.15. The van der Waals surface area contributed by atoms with Crippen molar-refractivity contribution in [2.45, 2.75) is 6.55 Å². The highest BCUT2D eigenvalue weighted by Gasteiger charge is 2.55. The van der Waals surface area contributed by atoms with E-state index in [2.05, 4.69) is 115 Å². The van der Waals surface area contributed by atoms with E-state index in [0.29, 0.717) is 0 Å². The number of fused-ring (bicyclic) bond motifs is 4. The van der Waals surface area contributed by atoms with Crippen LogP contribution in [0.2, 0.25) is 6.55 Å². The van der Waals surface area contributed by atoms with Crippen LogP contribution in [0.3, 0.4) is 0 Å². The van der Waals surface area contributed by atoms with Crippen LogP contribution in [0.25, 0.3) is 21.5 Å². The highest BCUT2D eigenvalue weighted by Crippen LogP contribution is 2.52. The van der Waals surface area contributed by atoms with Crippen molar-refractivity contribution in [1.29, 1.82) is 0 Å². The van der Waals surface area contributed by atoms with Crippen molar-refractivity contribution >= 4 is 62.2 Å². The Morgan fingerprint density at radius 3 is 1.59 bits per heavy atom. The standard InChI is InChI=1S/C33H21NO2Si/c1-37-31-25-16-9-17-26(31)36-28-19-21-11-6-8-15-24(21)30(33(28)37)34(22-12-3-2-4-13-22)29-23-14-7-5-10-20(23)18-27(35-25)32(29)37/h2-19H,1H3. The summed E-state index contributed by atoms with van der Waals surface area (Å²) in [7, 11) is -2.51. The lowest BCUT2D eigenvalue weighted by molar-refractivity contribution is 0.464. The second kappa shape index (κ2) is 6.61. The van der Waals surface area contributed by atoms with E-state index in [0.717, 1.165) is 28.7 Å². The Kier molecular flexibility index (Phi) is 3.50. The van der Waals surface area contributed by atoms with Gasteiger partial charge in [0, 0.05) is 32.0 Å². The third-order valence-corrected chi connectivity index (χ3v) is 12.8. The molecule has 0 saturated carbocycles. The van der Waals surface area contributed by atoms with Gasteiger partial charge in [0.25, 0.3) is 0 Å². The smallest absolute Gasteiger partial charge is 0.170 e. The molecule has 0 amide bonds. The fourth-order valence-electron chi connectivity index (χ4n) is 6.93. The molecule has 0 radical (unpaired) electrons. The molecule has 0 atom stereocenters. The summed E-state index contributed by atoms with van der Waals surface area (Å²) in [6, 6.07) is 38.9. The maximum Gasteiger partial charge on any atom is 0.170 e. The Morgan fingerprint density at radius 2 is 1.03 bits per heavy atom. The summed E-state index contributed by atoms with van der Waals surface area (Å²) >= 11 is 0. The quantitative estimate of drug-likeness (QED) is 0.229. The first-order chi connectivity index (χ1) is 18.2. The molecule has 37 heavy (non-hydrogen) atoms. The normalized spacial score (nSPS) is 15.2. The number of rotatable bonds is 1. The molecule has 3 heterocycles. The second-order valence-corrected chi connectivity index (χ2v) is 14.0. The third-order valence-electron chi connectivity index (χ3n) is 8.36. The minimum atomic E-state index is -2.51. The number of hydrogen-bond donors (Lipinski definition) is 0. The van der Waals surface area contributed by atoms with Crippen LogP contribution in [-0.4, -0.2) is 8.07 Å². The fourth-order valence-corrected chi connectivity index (χ4v) is 11.6. The Morgan fingerprint density at radius 1 is 0.514 bits per heavy atom. The first-order valence-electron chi connectivity index (χ1n) is 12.7. The summed E-state index contributed by atoms with van der Waals surface area (Å²) in [5.74, 6) is 3.80. The molecule has 174 valence electrons. The third kappa shape index (κ3) is 2.28. The van der Waals surface area contributed by atoms with Crippen LogP contribution >= 0.6 is 0 Å². The van der Waals surface area contributed by atoms with E-state index in [1.807, 2.05) is 6.07 Å². The molecule has 0 spiro atoms. The number of anilines is 3. The first kappa shape index (κ1) is 19.6. The monoisotopic (exact) mass is 491 g/mol. The molecule has 0 fully saturated rings. The Balaban J connectivity index is 1.57. The summed E-state index contributed by atoms with van der Waals surface area (Å²) in [6.45, 7) is 2.50. The van der Waals surface area contributed by atoms with Gasteiger partial charge in [0.2, 0.25) is 0 Å². The van der Waals surface area contributed by atoms with Crippen molar-refractivity contribution in [1.82, 2.24) is 0 Å². The maximum atomic E-state index is 6.72. The molecule has 3 aliphatic rings. The lowest BCUT2D eigenvalue weighted by atomic mass is 10.0. The van der Waals surface area contributed by atoms with Crippen molar-refractivity contribution < 1.29 is 9.47 Å². The van der Waals surface area contributed by atoms with E-state index >= 15 is 0 Å². The molecule has 0 unspecified atom stereocenters. The summed E-state index contributed by atoms with van der Waals surface area (Å²) < 4.78 is 13.4. The number of ether oxygens (including phenoxy) is 2. The Hall–Kier alpha value is -4.54. The Bertz CT molecular complexity index is 1850. The van der Waals surface area contributed by atoms with Crippen LogP contribution in [0, 0.1) is 0 Å². The molecule has 0 saturated heterocycles. The molecule has 6 aromatic carbocycles. The number of para-hydroxylation sites is 1. The van der Waals surface area contributed by atoms with Gasteiger partial charge < -0.3 is 14.4 Å². The summed E-state index contributed by atoms with van der Waals surface area (Å²) in [4.78, 5) is 2.47. The van der Waals surface area contributed by atoms with Gasteiger partial charge in [-0.05, 0) is 47.2 Å². The average Bonchev–Trinajstić information content (AvgIpc) is 2.93. The molecule has 3 aliphatic heterocycles. The van der Waals surface area contributed by atoms with E-state index < -0.39 is 8.07 Å². The van der Waals surface area contributed by atoms with Gasteiger partial charge >= 0.3 is 0 Å². The fraction of sp³-hybridized carbons (Fsp3) is 0.0303. The minimum Gasteiger partial charge on any atom is -0.457 e. The van der Waals surface area contributed by atoms with Gasteiger partial charge in [0.05, 0.1) is 11.4 Å². The van der Waals surface area contributed by atoms with E-state index in [1.54, 1.807) is 0 Å². The molecule has 0 aliphatic carbocycles. The lowest BCUT2D eigenvalue weighted by Crippen LogP contribution is -2.71. The average molecular weight is 492 g/mol. The summed E-state index contributed by atoms with van der Waals surface area (Å²) in [5.41, 5.74) is 3.62. The summed E-state index contributed by atoms with van der Waals surface area (Å²) in [6.07, 6.45) is 0. The van der Waals surface area contributed by atoms with Crippen LogP contribution in [0.5, 0.6) is 23.0 Å². The van der Waals surface area contributed by atoms with Gasteiger partial charge in [-0.25, -0.2) is 0 Å². The molecule has 6 aromatic rings. The van der Waals surface area contributed by atoms with E-state index in [1.165, 1.54) is 48.5 Å². The first-order valence-corrected chi connectivity index (χ1v) is 15.2. The maximum absolute atomic E-state index is 6.72. The second-order valence-electron chi connectivity index (χ2n) is 10.3. The highest BCUT2D eigenvalue weighted by atomic mass is 28.3. The van der Waals surface area contributed by atoms with Crippen LogP contribution in [-0.2, 0) is 0 Å². The van der Waals surface area contributed by atoms with Gasteiger partial charge in [0.15, 0.2) is 8.07 Å². The number of nitrogens with zero attached hydrogens (tertiary/aromatic N) is 1.